The van der Waals surface area contributed by atoms with Gasteiger partial charge in [-0.25, -0.2) is 9.97 Å². The number of fused-ring (bicyclic) bond motifs is 3. The summed E-state index contributed by atoms with van der Waals surface area (Å²) in [7, 11) is 0. The van der Waals surface area contributed by atoms with Crippen molar-refractivity contribution in [3.05, 3.63) is 84.7 Å². The first-order valence-electron chi connectivity index (χ1n) is 8.29. The monoisotopic (exact) mass is 324 g/mol. The molecule has 0 saturated heterocycles. The van der Waals surface area contributed by atoms with Crippen LogP contribution in [-0.4, -0.2) is 18.9 Å². The summed E-state index contributed by atoms with van der Waals surface area (Å²) < 4.78 is 4.23. The van der Waals surface area contributed by atoms with Crippen molar-refractivity contribution in [2.45, 2.75) is 6.92 Å². The van der Waals surface area contributed by atoms with Crippen molar-refractivity contribution in [2.75, 3.05) is 0 Å². The molecule has 0 radical (unpaired) electrons. The van der Waals surface area contributed by atoms with Crippen LogP contribution in [0.15, 0.2) is 79.1 Å². The van der Waals surface area contributed by atoms with Crippen LogP contribution in [0.1, 0.15) is 5.56 Å². The van der Waals surface area contributed by atoms with Crippen molar-refractivity contribution >= 4 is 16.9 Å². The Balaban J connectivity index is 1.87. The van der Waals surface area contributed by atoms with Gasteiger partial charge in [0.15, 0.2) is 5.65 Å². The Morgan fingerprint density at radius 2 is 1.64 bits per heavy atom. The molecule has 0 atom stereocenters. The maximum atomic E-state index is 4.94. The molecular weight excluding hydrogens is 308 g/mol. The summed E-state index contributed by atoms with van der Waals surface area (Å²) in [6, 6.07) is 22.6. The molecule has 2 aromatic carbocycles. The highest BCUT2D eigenvalue weighted by Crippen LogP contribution is 2.28. The lowest BCUT2D eigenvalue weighted by Gasteiger charge is -2.04. The van der Waals surface area contributed by atoms with E-state index >= 15 is 0 Å². The second-order valence-electron chi connectivity index (χ2n) is 6.13. The molecular formula is C21H16N4. The van der Waals surface area contributed by atoms with Crippen molar-refractivity contribution in [1.29, 1.82) is 0 Å². The Morgan fingerprint density at radius 1 is 0.840 bits per heavy atom. The molecule has 3 heterocycles. The van der Waals surface area contributed by atoms with E-state index in [1.54, 1.807) is 0 Å². The number of rotatable bonds is 2. The van der Waals surface area contributed by atoms with Gasteiger partial charge in [0.05, 0.1) is 16.9 Å². The number of benzene rings is 2. The molecule has 0 unspecified atom stereocenters. The lowest BCUT2D eigenvalue weighted by Crippen LogP contribution is -1.96. The summed E-state index contributed by atoms with van der Waals surface area (Å²) >= 11 is 0. The van der Waals surface area contributed by atoms with E-state index in [-0.39, 0.29) is 0 Å². The van der Waals surface area contributed by atoms with Crippen LogP contribution >= 0.6 is 0 Å². The van der Waals surface area contributed by atoms with Crippen molar-refractivity contribution in [3.8, 4) is 16.9 Å². The van der Waals surface area contributed by atoms with Crippen LogP contribution in [-0.2, 0) is 0 Å². The van der Waals surface area contributed by atoms with Crippen LogP contribution in [0.2, 0.25) is 0 Å². The molecule has 120 valence electrons. The first-order valence-corrected chi connectivity index (χ1v) is 8.29. The Hall–Kier alpha value is -3.40. The second kappa shape index (κ2) is 5.31. The molecule has 0 saturated carbocycles. The highest BCUT2D eigenvalue weighted by atomic mass is 15.2. The van der Waals surface area contributed by atoms with Gasteiger partial charge in [0.1, 0.15) is 0 Å². The lowest BCUT2D eigenvalue weighted by atomic mass is 10.1. The molecule has 5 rings (SSSR count). The normalized spacial score (nSPS) is 11.4. The quantitative estimate of drug-likeness (QED) is 0.474. The maximum Gasteiger partial charge on any atom is 0.221 e. The van der Waals surface area contributed by atoms with Gasteiger partial charge in [0.25, 0.3) is 0 Å². The van der Waals surface area contributed by atoms with Crippen molar-refractivity contribution < 1.29 is 0 Å². The fourth-order valence-electron chi connectivity index (χ4n) is 3.35. The number of aromatic nitrogens is 4. The number of aryl methyl sites for hydroxylation is 1. The van der Waals surface area contributed by atoms with E-state index in [0.29, 0.717) is 0 Å². The van der Waals surface area contributed by atoms with Crippen LogP contribution in [0.3, 0.4) is 0 Å². The first-order chi connectivity index (χ1) is 12.3. The summed E-state index contributed by atoms with van der Waals surface area (Å²) in [6.07, 6.45) is 3.92. The van der Waals surface area contributed by atoms with Gasteiger partial charge < -0.3 is 0 Å². The van der Waals surface area contributed by atoms with E-state index in [2.05, 4.69) is 69.5 Å². The lowest BCUT2D eigenvalue weighted by molar-refractivity contribution is 1.08. The van der Waals surface area contributed by atoms with Gasteiger partial charge in [0, 0.05) is 18.0 Å². The number of pyridine rings is 1. The minimum atomic E-state index is 0.873. The highest BCUT2D eigenvalue weighted by Gasteiger charge is 2.17. The molecule has 4 heteroatoms. The first kappa shape index (κ1) is 14.0. The Bertz CT molecular complexity index is 1200. The molecule has 0 aliphatic carbocycles. The van der Waals surface area contributed by atoms with E-state index < -0.39 is 0 Å². The summed E-state index contributed by atoms with van der Waals surface area (Å²) in [5.74, 6) is 0.873. The zero-order valence-electron chi connectivity index (χ0n) is 13.8. The minimum absolute atomic E-state index is 0.873. The predicted molar refractivity (Wildman–Crippen MR) is 100.0 cm³/mol. The second-order valence-corrected chi connectivity index (χ2v) is 6.13. The van der Waals surface area contributed by atoms with Crippen LogP contribution in [0.25, 0.3) is 33.9 Å². The van der Waals surface area contributed by atoms with Crippen LogP contribution < -0.4 is 0 Å². The van der Waals surface area contributed by atoms with Gasteiger partial charge in [-0.2, -0.15) is 0 Å². The molecule has 4 nitrogen and oxygen atoms in total. The van der Waals surface area contributed by atoms with Crippen LogP contribution in [0.4, 0.5) is 0 Å². The summed E-state index contributed by atoms with van der Waals surface area (Å²) in [5.41, 5.74) is 6.37. The third-order valence-corrected chi connectivity index (χ3v) is 4.56. The number of hydrogen-bond acceptors (Lipinski definition) is 2. The van der Waals surface area contributed by atoms with E-state index in [9.17, 15) is 0 Å². The maximum absolute atomic E-state index is 4.94. The largest absolute Gasteiger partial charge is 0.281 e. The molecule has 5 aromatic rings. The number of imidazole rings is 2. The van der Waals surface area contributed by atoms with Crippen LogP contribution in [0.5, 0.6) is 0 Å². The Labute approximate surface area is 145 Å². The van der Waals surface area contributed by atoms with Gasteiger partial charge in [-0.15, -0.1) is 0 Å². The smallest absolute Gasteiger partial charge is 0.221 e. The van der Waals surface area contributed by atoms with E-state index in [4.69, 9.17) is 4.98 Å². The number of hydrogen-bond donors (Lipinski definition) is 0. The Kier molecular flexibility index (Phi) is 2.97. The molecule has 0 amide bonds. The predicted octanol–water partition coefficient (Wildman–Crippen LogP) is 4.65. The molecule has 0 N–H and O–H groups in total. The van der Waals surface area contributed by atoms with Crippen LogP contribution in [0, 0.1) is 6.92 Å². The van der Waals surface area contributed by atoms with Gasteiger partial charge in [-0.3, -0.25) is 8.97 Å². The topological polar surface area (TPSA) is 35.1 Å². The van der Waals surface area contributed by atoms with E-state index in [0.717, 1.165) is 33.9 Å². The van der Waals surface area contributed by atoms with Gasteiger partial charge in [0.2, 0.25) is 5.78 Å². The zero-order valence-corrected chi connectivity index (χ0v) is 13.8. The molecule has 0 fully saturated rings. The third kappa shape index (κ3) is 2.08. The average Bonchev–Trinajstić information content (AvgIpc) is 3.20. The third-order valence-electron chi connectivity index (χ3n) is 4.56. The standard InChI is InChI=1S/C21H16N4/c1-15-8-5-6-11-17(15)18-14-24-19-12-7-13-22-20(19)25(21(24)23-18)16-9-3-2-4-10-16/h2-14H,1H3. The van der Waals surface area contributed by atoms with Gasteiger partial charge >= 0.3 is 0 Å². The average molecular weight is 324 g/mol. The summed E-state index contributed by atoms with van der Waals surface area (Å²) in [6.45, 7) is 2.12. The molecule has 0 bridgehead atoms. The van der Waals surface area contributed by atoms with Gasteiger partial charge in [-0.05, 0) is 36.8 Å². The number of para-hydroxylation sites is 1. The molecule has 0 spiro atoms. The number of nitrogens with zero attached hydrogens (tertiary/aromatic N) is 4. The molecule has 25 heavy (non-hydrogen) atoms. The highest BCUT2D eigenvalue weighted by molar-refractivity contribution is 5.81. The van der Waals surface area contributed by atoms with Crippen molar-refractivity contribution in [2.24, 2.45) is 0 Å². The SMILES string of the molecule is Cc1ccccc1-c1cn2c3cccnc3n(-c3ccccc3)c2n1. The fourth-order valence-corrected chi connectivity index (χ4v) is 3.35. The summed E-state index contributed by atoms with van der Waals surface area (Å²) in [4.78, 5) is 9.53. The van der Waals surface area contributed by atoms with E-state index in [1.165, 1.54) is 5.56 Å². The minimum Gasteiger partial charge on any atom is -0.281 e. The zero-order chi connectivity index (χ0) is 16.8. The van der Waals surface area contributed by atoms with Gasteiger partial charge in [-0.1, -0.05) is 42.5 Å². The van der Waals surface area contributed by atoms with Crippen molar-refractivity contribution in [3.63, 3.8) is 0 Å². The fraction of sp³-hybridized carbons (Fsp3) is 0.0476. The van der Waals surface area contributed by atoms with Crippen molar-refractivity contribution in [1.82, 2.24) is 18.9 Å². The van der Waals surface area contributed by atoms with E-state index in [1.807, 2.05) is 30.5 Å². The molecule has 0 aliphatic rings. The Morgan fingerprint density at radius 3 is 2.48 bits per heavy atom. The molecule has 3 aromatic heterocycles. The molecule has 0 aliphatic heterocycles. The summed E-state index contributed by atoms with van der Waals surface area (Å²) in [5, 5.41) is 0.